The van der Waals surface area contributed by atoms with Crippen LogP contribution < -0.4 is 10.6 Å². The predicted octanol–water partition coefficient (Wildman–Crippen LogP) is 4.12. The maximum atomic E-state index is 14.2. The summed E-state index contributed by atoms with van der Waals surface area (Å²) in [6.07, 6.45) is 0. The summed E-state index contributed by atoms with van der Waals surface area (Å²) in [5.74, 6) is 0. The van der Waals surface area contributed by atoms with Crippen LogP contribution in [0.2, 0.25) is 0 Å². The van der Waals surface area contributed by atoms with Crippen LogP contribution in [-0.4, -0.2) is 24.4 Å². The zero-order valence-electron chi connectivity index (χ0n) is 14.7. The first-order chi connectivity index (χ1) is 11.9. The number of hydrogen-bond acceptors (Lipinski definition) is 2. The van der Waals surface area contributed by atoms with Crippen molar-refractivity contribution in [3.05, 3.63) is 95.1 Å². The van der Waals surface area contributed by atoms with Crippen molar-refractivity contribution in [1.82, 2.24) is 0 Å². The first kappa shape index (κ1) is 20.5. The number of carbonyl (C=O) groups excluding carboxylic acids is 1. The molecule has 2 nitrogen and oxygen atoms in total. The number of carbonyl (C=O) groups is 1. The molecule has 3 rings (SSSR count). The summed E-state index contributed by atoms with van der Waals surface area (Å²) in [7, 11) is -3.44. The number of aryl methyl sites for hydroxylation is 3. The Morgan fingerprint density at radius 1 is 0.731 bits per heavy atom. The van der Waals surface area contributed by atoms with E-state index in [0.717, 1.165) is 16.7 Å². The zero-order valence-corrected chi connectivity index (χ0v) is 15.6. The second-order valence-corrected chi connectivity index (χ2v) is 9.02. The molecule has 0 N–H and O–H groups in total. The third kappa shape index (κ3) is 3.65. The molecule has 0 aliphatic rings. The van der Waals surface area contributed by atoms with Gasteiger partial charge in [-0.1, -0.05) is 78.4 Å². The molecule has 0 aliphatic carbocycles. The van der Waals surface area contributed by atoms with E-state index < -0.39 is 7.14 Å². The molecule has 0 atom stereocenters. The van der Waals surface area contributed by atoms with Gasteiger partial charge in [-0.15, -0.1) is 0 Å². The molecular formula is C22H22LiO2P. The molecule has 3 aromatic rings. The van der Waals surface area contributed by atoms with Crippen molar-refractivity contribution >= 4 is 42.1 Å². The van der Waals surface area contributed by atoms with Gasteiger partial charge in [0.1, 0.15) is 0 Å². The summed E-state index contributed by atoms with van der Waals surface area (Å²) >= 11 is 0. The van der Waals surface area contributed by atoms with E-state index in [1.807, 2.05) is 69.3 Å². The molecule has 0 fully saturated rings. The molecular weight excluding hydrogens is 334 g/mol. The van der Waals surface area contributed by atoms with Crippen molar-refractivity contribution in [2.75, 3.05) is 0 Å². The van der Waals surface area contributed by atoms with Gasteiger partial charge >= 0.3 is 18.9 Å². The SMILES string of the molecule is Cc1cc(C)c(C(=O)P(=O)(c2ccccc2)c2ccccc2)c(C)c1.[LiH]. The monoisotopic (exact) mass is 356 g/mol. The van der Waals surface area contributed by atoms with Gasteiger partial charge in [0.2, 0.25) is 12.7 Å². The van der Waals surface area contributed by atoms with E-state index >= 15 is 0 Å². The molecule has 0 saturated heterocycles. The molecule has 0 unspecified atom stereocenters. The Morgan fingerprint density at radius 3 is 1.50 bits per heavy atom. The Bertz CT molecular complexity index is 899. The van der Waals surface area contributed by atoms with Crippen LogP contribution in [0.25, 0.3) is 0 Å². The second kappa shape index (κ2) is 8.23. The molecule has 0 aliphatic heterocycles. The minimum atomic E-state index is -3.44. The van der Waals surface area contributed by atoms with Gasteiger partial charge in [-0.25, -0.2) is 0 Å². The summed E-state index contributed by atoms with van der Waals surface area (Å²) in [4.78, 5) is 13.6. The molecule has 0 bridgehead atoms. The van der Waals surface area contributed by atoms with Crippen molar-refractivity contribution in [2.45, 2.75) is 20.8 Å². The Balaban J connectivity index is 0.00000243. The molecule has 0 amide bonds. The van der Waals surface area contributed by atoms with E-state index in [-0.39, 0.29) is 24.4 Å². The average molecular weight is 356 g/mol. The fourth-order valence-electron chi connectivity index (χ4n) is 3.33. The summed E-state index contributed by atoms with van der Waals surface area (Å²) in [6, 6.07) is 22.1. The normalized spacial score (nSPS) is 10.9. The zero-order chi connectivity index (χ0) is 18.0. The van der Waals surface area contributed by atoms with Crippen molar-refractivity contribution < 1.29 is 9.36 Å². The van der Waals surface area contributed by atoms with Crippen molar-refractivity contribution in [3.8, 4) is 0 Å². The van der Waals surface area contributed by atoms with Crippen LogP contribution >= 0.6 is 7.14 Å². The van der Waals surface area contributed by atoms with E-state index in [9.17, 15) is 9.36 Å². The van der Waals surface area contributed by atoms with Crippen LogP contribution in [-0.2, 0) is 4.57 Å². The van der Waals surface area contributed by atoms with Crippen LogP contribution in [0.5, 0.6) is 0 Å². The molecule has 0 heterocycles. The standard InChI is InChI=1S/C22H21O2P.Li.H/c1-16-14-17(2)21(18(3)15-16)22(23)25(24,19-10-6-4-7-11-19)20-12-8-5-9-13-20;;/h4-15H,1-3H3;;. The summed E-state index contributed by atoms with van der Waals surface area (Å²) in [5, 5.41) is 1.15. The fourth-order valence-corrected chi connectivity index (χ4v) is 5.95. The third-order valence-electron chi connectivity index (χ3n) is 4.42. The molecule has 26 heavy (non-hydrogen) atoms. The van der Waals surface area contributed by atoms with Crippen LogP contribution in [0.15, 0.2) is 72.8 Å². The van der Waals surface area contributed by atoms with Crippen molar-refractivity contribution in [1.29, 1.82) is 0 Å². The van der Waals surface area contributed by atoms with E-state index in [2.05, 4.69) is 0 Å². The molecule has 3 aromatic carbocycles. The maximum absolute atomic E-state index is 14.2. The molecule has 0 spiro atoms. The Morgan fingerprint density at radius 2 is 1.12 bits per heavy atom. The summed E-state index contributed by atoms with van der Waals surface area (Å²) in [5.41, 5.74) is 3.12. The summed E-state index contributed by atoms with van der Waals surface area (Å²) in [6.45, 7) is 5.82. The molecule has 0 saturated carbocycles. The second-order valence-electron chi connectivity index (χ2n) is 6.36. The van der Waals surface area contributed by atoms with Gasteiger partial charge in [-0.05, 0) is 31.9 Å². The average Bonchev–Trinajstić information content (AvgIpc) is 2.61. The number of benzene rings is 3. The van der Waals surface area contributed by atoms with Crippen molar-refractivity contribution in [2.24, 2.45) is 0 Å². The first-order valence-corrected chi connectivity index (χ1v) is 9.99. The Labute approximate surface area is 167 Å². The van der Waals surface area contributed by atoms with Crippen molar-refractivity contribution in [3.63, 3.8) is 0 Å². The van der Waals surface area contributed by atoms with Crippen LogP contribution in [0.3, 0.4) is 0 Å². The number of rotatable bonds is 4. The van der Waals surface area contributed by atoms with Crippen LogP contribution in [0.1, 0.15) is 27.0 Å². The summed E-state index contributed by atoms with van der Waals surface area (Å²) < 4.78 is 14.2. The topological polar surface area (TPSA) is 34.1 Å². The third-order valence-corrected chi connectivity index (χ3v) is 7.26. The minimum absolute atomic E-state index is 0. The number of hydrogen-bond donors (Lipinski definition) is 0. The van der Waals surface area contributed by atoms with Gasteiger partial charge in [0, 0.05) is 16.2 Å². The van der Waals surface area contributed by atoms with E-state index in [1.165, 1.54) is 0 Å². The predicted molar refractivity (Wildman–Crippen MR) is 112 cm³/mol. The van der Waals surface area contributed by atoms with Gasteiger partial charge in [0.15, 0.2) is 0 Å². The molecule has 0 radical (unpaired) electrons. The Hall–Kier alpha value is -1.84. The van der Waals surface area contributed by atoms with Gasteiger partial charge in [0.25, 0.3) is 0 Å². The van der Waals surface area contributed by atoms with E-state index in [0.29, 0.717) is 16.2 Å². The first-order valence-electron chi connectivity index (χ1n) is 8.28. The molecule has 4 heteroatoms. The van der Waals surface area contributed by atoms with Gasteiger partial charge in [-0.2, -0.15) is 0 Å². The fraction of sp³-hybridized carbons (Fsp3) is 0.136. The molecule has 128 valence electrons. The van der Waals surface area contributed by atoms with Gasteiger partial charge < -0.3 is 4.57 Å². The van der Waals surface area contributed by atoms with E-state index in [1.54, 1.807) is 24.3 Å². The van der Waals surface area contributed by atoms with Gasteiger partial charge in [0.05, 0.1) is 0 Å². The Kier molecular flexibility index (Phi) is 6.48. The van der Waals surface area contributed by atoms with E-state index in [4.69, 9.17) is 0 Å². The van der Waals surface area contributed by atoms with Crippen LogP contribution in [0.4, 0.5) is 0 Å². The van der Waals surface area contributed by atoms with Gasteiger partial charge in [-0.3, -0.25) is 4.79 Å². The molecule has 0 aromatic heterocycles. The quantitative estimate of drug-likeness (QED) is 0.521. The van der Waals surface area contributed by atoms with Crippen LogP contribution in [0, 0.1) is 20.8 Å².